The molecule has 0 radical (unpaired) electrons. The van der Waals surface area contributed by atoms with Gasteiger partial charge >= 0.3 is 0 Å². The van der Waals surface area contributed by atoms with Crippen molar-refractivity contribution in [3.8, 4) is 17.2 Å². The zero-order valence-electron chi connectivity index (χ0n) is 15.0. The van der Waals surface area contributed by atoms with E-state index in [9.17, 15) is 9.50 Å². The van der Waals surface area contributed by atoms with Gasteiger partial charge < -0.3 is 9.84 Å². The number of hydrogen-bond acceptors (Lipinski definition) is 2. The van der Waals surface area contributed by atoms with Gasteiger partial charge in [0.2, 0.25) is 0 Å². The molecular weight excluding hydrogens is 371 g/mol. The molecule has 0 unspecified atom stereocenters. The molecule has 2 nitrogen and oxygen atoms in total. The predicted octanol–water partition coefficient (Wildman–Crippen LogP) is 6.42. The van der Waals surface area contributed by atoms with Crippen LogP contribution in [-0.4, -0.2) is 5.11 Å². The molecule has 0 aliphatic rings. The summed E-state index contributed by atoms with van der Waals surface area (Å²) in [6.07, 6.45) is 0. The first-order chi connectivity index (χ1) is 13.7. The maximum atomic E-state index is 13.5. The third-order valence-electron chi connectivity index (χ3n) is 4.17. The SMILES string of the molecule is Oc1ccc(Oc2ccc([S+](c3ccccc3)c3ccccc3)cc2)cc1F. The highest BCUT2D eigenvalue weighted by atomic mass is 32.2. The largest absolute Gasteiger partial charge is 0.505 e. The first-order valence-corrected chi connectivity index (χ1v) is 10.0. The lowest BCUT2D eigenvalue weighted by Crippen LogP contribution is -2.04. The summed E-state index contributed by atoms with van der Waals surface area (Å²) in [6.45, 7) is 0. The highest BCUT2D eigenvalue weighted by molar-refractivity contribution is 7.97. The van der Waals surface area contributed by atoms with Crippen LogP contribution in [0.2, 0.25) is 0 Å². The van der Waals surface area contributed by atoms with Crippen molar-refractivity contribution in [3.05, 3.63) is 109 Å². The van der Waals surface area contributed by atoms with E-state index in [1.807, 2.05) is 36.4 Å². The normalized spacial score (nSPS) is 10.8. The summed E-state index contributed by atoms with van der Waals surface area (Å²) in [6, 6.07) is 32.6. The van der Waals surface area contributed by atoms with Gasteiger partial charge in [0, 0.05) is 6.07 Å². The van der Waals surface area contributed by atoms with Gasteiger partial charge in [0.05, 0.1) is 10.9 Å². The molecule has 0 aliphatic carbocycles. The highest BCUT2D eigenvalue weighted by Gasteiger charge is 2.28. The molecule has 0 amide bonds. The second kappa shape index (κ2) is 8.19. The lowest BCUT2D eigenvalue weighted by molar-refractivity contribution is 0.423. The van der Waals surface area contributed by atoms with Gasteiger partial charge in [-0.05, 0) is 60.7 Å². The molecule has 0 saturated heterocycles. The average Bonchev–Trinajstić information content (AvgIpc) is 2.74. The molecule has 1 N–H and O–H groups in total. The Morgan fingerprint density at radius 2 is 1.11 bits per heavy atom. The van der Waals surface area contributed by atoms with E-state index in [2.05, 4.69) is 48.5 Å². The molecular formula is C24H18FO2S+. The van der Waals surface area contributed by atoms with Crippen molar-refractivity contribution in [3.63, 3.8) is 0 Å². The van der Waals surface area contributed by atoms with E-state index < -0.39 is 11.6 Å². The molecule has 0 bridgehead atoms. The van der Waals surface area contributed by atoms with Crippen LogP contribution < -0.4 is 4.74 Å². The van der Waals surface area contributed by atoms with E-state index in [0.29, 0.717) is 11.5 Å². The number of phenols is 1. The minimum absolute atomic E-state index is 0.225. The summed E-state index contributed by atoms with van der Waals surface area (Å²) in [5.41, 5.74) is 0. The van der Waals surface area contributed by atoms with Crippen LogP contribution in [0.1, 0.15) is 0 Å². The smallest absolute Gasteiger partial charge is 0.168 e. The molecule has 0 atom stereocenters. The van der Waals surface area contributed by atoms with Crippen molar-refractivity contribution in [2.45, 2.75) is 14.7 Å². The summed E-state index contributed by atoms with van der Waals surface area (Å²) in [5, 5.41) is 9.29. The first-order valence-electron chi connectivity index (χ1n) is 8.81. The quantitative estimate of drug-likeness (QED) is 0.399. The van der Waals surface area contributed by atoms with Crippen molar-refractivity contribution in [2.24, 2.45) is 0 Å². The molecule has 0 fully saturated rings. The van der Waals surface area contributed by atoms with E-state index in [0.717, 1.165) is 0 Å². The predicted molar refractivity (Wildman–Crippen MR) is 110 cm³/mol. The Morgan fingerprint density at radius 3 is 1.64 bits per heavy atom. The second-order valence-electron chi connectivity index (χ2n) is 6.12. The fourth-order valence-corrected chi connectivity index (χ4v) is 4.94. The standard InChI is InChI=1S/C24H17FO2S/c25-23-17-19(13-16-24(23)26)27-18-11-14-22(15-12-18)28(20-7-3-1-4-8-20)21-9-5-2-6-10-21/h1-17H/p+1. The van der Waals surface area contributed by atoms with Gasteiger partial charge in [0.1, 0.15) is 11.5 Å². The van der Waals surface area contributed by atoms with Crippen LogP contribution >= 0.6 is 0 Å². The van der Waals surface area contributed by atoms with Gasteiger partial charge in [-0.25, -0.2) is 4.39 Å². The molecule has 0 spiro atoms. The Labute approximate surface area is 166 Å². The number of benzene rings is 4. The van der Waals surface area contributed by atoms with Crippen LogP contribution in [0, 0.1) is 5.82 Å². The van der Waals surface area contributed by atoms with Crippen LogP contribution in [0.4, 0.5) is 4.39 Å². The monoisotopic (exact) mass is 389 g/mol. The highest BCUT2D eigenvalue weighted by Crippen LogP contribution is 2.33. The zero-order valence-corrected chi connectivity index (χ0v) is 15.8. The molecule has 0 heterocycles. The molecule has 138 valence electrons. The lowest BCUT2D eigenvalue weighted by Gasteiger charge is -2.09. The van der Waals surface area contributed by atoms with Crippen molar-refractivity contribution in [2.75, 3.05) is 0 Å². The Balaban J connectivity index is 1.64. The van der Waals surface area contributed by atoms with Crippen molar-refractivity contribution < 1.29 is 14.2 Å². The van der Waals surface area contributed by atoms with Crippen molar-refractivity contribution in [1.29, 1.82) is 0 Å². The van der Waals surface area contributed by atoms with E-state index in [-0.39, 0.29) is 10.9 Å². The summed E-state index contributed by atoms with van der Waals surface area (Å²) in [7, 11) is -0.225. The maximum absolute atomic E-state index is 13.5. The molecule has 0 aliphatic heterocycles. The van der Waals surface area contributed by atoms with Gasteiger partial charge in [-0.15, -0.1) is 0 Å². The van der Waals surface area contributed by atoms with Gasteiger partial charge in [0.25, 0.3) is 0 Å². The summed E-state index contributed by atoms with van der Waals surface area (Å²) in [4.78, 5) is 3.65. The van der Waals surface area contributed by atoms with Crippen LogP contribution in [0.5, 0.6) is 17.2 Å². The summed E-state index contributed by atoms with van der Waals surface area (Å²) in [5.74, 6) is -0.145. The van der Waals surface area contributed by atoms with Gasteiger partial charge in [-0.1, -0.05) is 36.4 Å². The molecule has 28 heavy (non-hydrogen) atoms. The Morgan fingerprint density at radius 1 is 0.607 bits per heavy atom. The summed E-state index contributed by atoms with van der Waals surface area (Å²) < 4.78 is 19.2. The number of hydrogen-bond donors (Lipinski definition) is 1. The van der Waals surface area contributed by atoms with E-state index in [1.54, 1.807) is 0 Å². The van der Waals surface area contributed by atoms with Gasteiger partial charge in [0.15, 0.2) is 26.3 Å². The van der Waals surface area contributed by atoms with Gasteiger partial charge in [-0.3, -0.25) is 0 Å². The summed E-state index contributed by atoms with van der Waals surface area (Å²) >= 11 is 0. The zero-order chi connectivity index (χ0) is 19.3. The van der Waals surface area contributed by atoms with Crippen LogP contribution in [-0.2, 0) is 10.9 Å². The van der Waals surface area contributed by atoms with E-state index in [1.165, 1.54) is 32.9 Å². The Bertz CT molecular complexity index is 1010. The van der Waals surface area contributed by atoms with Crippen LogP contribution in [0.25, 0.3) is 0 Å². The number of aromatic hydroxyl groups is 1. The fraction of sp³-hybridized carbons (Fsp3) is 0. The first kappa shape index (κ1) is 18.1. The second-order valence-corrected chi connectivity index (χ2v) is 8.15. The lowest BCUT2D eigenvalue weighted by atomic mass is 10.3. The Hall–Kier alpha value is -3.24. The number of ether oxygens (including phenoxy) is 1. The fourth-order valence-electron chi connectivity index (χ4n) is 2.85. The number of phenolic OH excluding ortho intramolecular Hbond substituents is 1. The minimum Gasteiger partial charge on any atom is -0.505 e. The number of halogens is 1. The third kappa shape index (κ3) is 4.02. The van der Waals surface area contributed by atoms with Gasteiger partial charge in [-0.2, -0.15) is 0 Å². The molecule has 0 saturated carbocycles. The van der Waals surface area contributed by atoms with Crippen LogP contribution in [0.3, 0.4) is 0 Å². The molecule has 4 aromatic rings. The molecule has 4 rings (SSSR count). The minimum atomic E-state index is -0.705. The van der Waals surface area contributed by atoms with Crippen molar-refractivity contribution >= 4 is 10.9 Å². The van der Waals surface area contributed by atoms with E-state index >= 15 is 0 Å². The average molecular weight is 389 g/mol. The van der Waals surface area contributed by atoms with Crippen molar-refractivity contribution in [1.82, 2.24) is 0 Å². The van der Waals surface area contributed by atoms with Crippen LogP contribution in [0.15, 0.2) is 118 Å². The topological polar surface area (TPSA) is 29.5 Å². The third-order valence-corrected chi connectivity index (χ3v) is 6.40. The molecule has 4 heteroatoms. The van der Waals surface area contributed by atoms with E-state index in [4.69, 9.17) is 4.74 Å². The molecule has 4 aromatic carbocycles. The Kier molecular flexibility index (Phi) is 5.31. The number of rotatable bonds is 5. The molecule has 0 aromatic heterocycles. The maximum Gasteiger partial charge on any atom is 0.168 e.